The van der Waals surface area contributed by atoms with Crippen LogP contribution in [0.5, 0.6) is 0 Å². The number of hydrogen-bond acceptors (Lipinski definition) is 5. The molecule has 1 aliphatic rings. The Bertz CT molecular complexity index is 798. The first-order chi connectivity index (χ1) is 12.4. The standard InChI is InChI=1S/C19H24N4O2S/c1-11(2)10-15(20-16(24)14-7-5-4-6-12(14)3)17(25)21-19-23-22-18(26-19)13-8-9-13/h4-7,11,13,15H,8-10H2,1-3H3,(H,20,24)(H,21,23,25)/t15-/m1/s1. The molecule has 26 heavy (non-hydrogen) atoms. The first-order valence-corrected chi connectivity index (χ1v) is 9.76. The van der Waals surface area contributed by atoms with Crippen LogP contribution in [0.25, 0.3) is 0 Å². The number of anilines is 1. The fourth-order valence-corrected chi connectivity index (χ4v) is 3.65. The van der Waals surface area contributed by atoms with Gasteiger partial charge in [0.25, 0.3) is 5.91 Å². The van der Waals surface area contributed by atoms with E-state index in [2.05, 4.69) is 20.8 Å². The monoisotopic (exact) mass is 372 g/mol. The van der Waals surface area contributed by atoms with E-state index < -0.39 is 6.04 Å². The van der Waals surface area contributed by atoms with E-state index in [9.17, 15) is 9.59 Å². The average Bonchev–Trinajstić information content (AvgIpc) is 3.34. The minimum absolute atomic E-state index is 0.236. The summed E-state index contributed by atoms with van der Waals surface area (Å²) < 4.78 is 0. The van der Waals surface area contributed by atoms with Crippen LogP contribution < -0.4 is 10.6 Å². The fourth-order valence-electron chi connectivity index (χ4n) is 2.74. The molecule has 0 saturated heterocycles. The minimum atomic E-state index is -0.615. The quantitative estimate of drug-likeness (QED) is 0.779. The summed E-state index contributed by atoms with van der Waals surface area (Å²) in [7, 11) is 0. The van der Waals surface area contributed by atoms with Gasteiger partial charge in [-0.3, -0.25) is 14.9 Å². The van der Waals surface area contributed by atoms with E-state index in [1.54, 1.807) is 6.07 Å². The molecule has 2 amide bonds. The highest BCUT2D eigenvalue weighted by atomic mass is 32.1. The van der Waals surface area contributed by atoms with E-state index in [1.165, 1.54) is 11.3 Å². The Morgan fingerprint density at radius 2 is 1.96 bits per heavy atom. The number of carbonyl (C=O) groups is 2. The second kappa shape index (κ2) is 7.95. The summed E-state index contributed by atoms with van der Waals surface area (Å²) in [5.41, 5.74) is 1.47. The van der Waals surface area contributed by atoms with Gasteiger partial charge in [0.05, 0.1) is 0 Å². The van der Waals surface area contributed by atoms with Crippen LogP contribution in [0.1, 0.15) is 60.0 Å². The Kier molecular flexibility index (Phi) is 5.66. The van der Waals surface area contributed by atoms with Crippen molar-refractivity contribution in [2.24, 2.45) is 5.92 Å². The maximum absolute atomic E-state index is 12.7. The largest absolute Gasteiger partial charge is 0.340 e. The molecule has 1 aromatic carbocycles. The SMILES string of the molecule is Cc1ccccc1C(=O)N[C@H](CC(C)C)C(=O)Nc1nnc(C2CC2)s1. The molecule has 7 heteroatoms. The third-order valence-electron chi connectivity index (χ3n) is 4.32. The van der Waals surface area contributed by atoms with Crippen LogP contribution in [0, 0.1) is 12.8 Å². The van der Waals surface area contributed by atoms with Gasteiger partial charge in [-0.25, -0.2) is 0 Å². The van der Waals surface area contributed by atoms with Crippen LogP contribution in [0.4, 0.5) is 5.13 Å². The van der Waals surface area contributed by atoms with Gasteiger partial charge >= 0.3 is 0 Å². The lowest BCUT2D eigenvalue weighted by Crippen LogP contribution is -2.44. The summed E-state index contributed by atoms with van der Waals surface area (Å²) in [4.78, 5) is 25.3. The van der Waals surface area contributed by atoms with Crippen molar-refractivity contribution in [2.45, 2.75) is 52.0 Å². The fraction of sp³-hybridized carbons (Fsp3) is 0.474. The van der Waals surface area contributed by atoms with Gasteiger partial charge in [0.15, 0.2) is 0 Å². The van der Waals surface area contributed by atoms with E-state index >= 15 is 0 Å². The number of nitrogens with one attached hydrogen (secondary N) is 2. The van der Waals surface area contributed by atoms with Crippen molar-refractivity contribution in [3.05, 3.63) is 40.4 Å². The second-order valence-corrected chi connectivity index (χ2v) is 8.19. The first kappa shape index (κ1) is 18.5. The summed E-state index contributed by atoms with van der Waals surface area (Å²) in [5, 5.41) is 15.4. The summed E-state index contributed by atoms with van der Waals surface area (Å²) in [6, 6.07) is 6.74. The van der Waals surface area contributed by atoms with Crippen LogP contribution in [0.3, 0.4) is 0 Å². The predicted molar refractivity (Wildman–Crippen MR) is 102 cm³/mol. The number of hydrogen-bond donors (Lipinski definition) is 2. The first-order valence-electron chi connectivity index (χ1n) is 8.94. The van der Waals surface area contributed by atoms with Crippen LogP contribution in [-0.4, -0.2) is 28.1 Å². The molecular weight excluding hydrogens is 348 g/mol. The molecule has 1 aromatic heterocycles. The van der Waals surface area contributed by atoms with E-state index in [4.69, 9.17) is 0 Å². The Balaban J connectivity index is 1.68. The number of aryl methyl sites for hydroxylation is 1. The number of aromatic nitrogens is 2. The van der Waals surface area contributed by atoms with E-state index in [1.807, 2.05) is 39.0 Å². The zero-order valence-corrected chi connectivity index (χ0v) is 16.1. The Hall–Kier alpha value is -2.28. The topological polar surface area (TPSA) is 84.0 Å². The van der Waals surface area contributed by atoms with Gasteiger partial charge in [0.2, 0.25) is 11.0 Å². The van der Waals surface area contributed by atoms with Crippen LogP contribution in [0.2, 0.25) is 0 Å². The number of amides is 2. The van der Waals surface area contributed by atoms with Crippen molar-refractivity contribution < 1.29 is 9.59 Å². The lowest BCUT2D eigenvalue weighted by Gasteiger charge is -2.20. The maximum Gasteiger partial charge on any atom is 0.252 e. The molecule has 0 unspecified atom stereocenters. The van der Waals surface area contributed by atoms with Crippen molar-refractivity contribution in [3.63, 3.8) is 0 Å². The third-order valence-corrected chi connectivity index (χ3v) is 5.32. The summed E-state index contributed by atoms with van der Waals surface area (Å²) in [5.74, 6) is 0.281. The third kappa shape index (κ3) is 4.66. The highest BCUT2D eigenvalue weighted by molar-refractivity contribution is 7.15. The van der Waals surface area contributed by atoms with Crippen molar-refractivity contribution in [1.82, 2.24) is 15.5 Å². The predicted octanol–water partition coefficient (Wildman–Crippen LogP) is 3.51. The normalized spacial score (nSPS) is 14.9. The molecule has 3 rings (SSSR count). The molecule has 138 valence electrons. The number of nitrogens with zero attached hydrogens (tertiary/aromatic N) is 2. The molecule has 6 nitrogen and oxygen atoms in total. The smallest absolute Gasteiger partial charge is 0.252 e. The minimum Gasteiger partial charge on any atom is -0.340 e. The molecule has 1 fully saturated rings. The molecule has 1 heterocycles. The highest BCUT2D eigenvalue weighted by Gasteiger charge is 2.29. The summed E-state index contributed by atoms with van der Waals surface area (Å²) in [6.07, 6.45) is 2.84. The van der Waals surface area contributed by atoms with Gasteiger partial charge in [-0.2, -0.15) is 0 Å². The average molecular weight is 372 g/mol. The molecule has 0 bridgehead atoms. The zero-order valence-electron chi connectivity index (χ0n) is 15.3. The molecule has 1 atom stereocenters. The number of rotatable bonds is 7. The van der Waals surface area contributed by atoms with E-state index in [-0.39, 0.29) is 17.7 Å². The van der Waals surface area contributed by atoms with Gasteiger partial charge < -0.3 is 5.32 Å². The molecule has 0 spiro atoms. The molecule has 2 aromatic rings. The van der Waals surface area contributed by atoms with Crippen molar-refractivity contribution in [1.29, 1.82) is 0 Å². The van der Waals surface area contributed by atoms with Gasteiger partial charge in [0.1, 0.15) is 11.0 Å². The van der Waals surface area contributed by atoms with Crippen LogP contribution in [0.15, 0.2) is 24.3 Å². The lowest BCUT2D eigenvalue weighted by atomic mass is 10.0. The van der Waals surface area contributed by atoms with Crippen LogP contribution in [-0.2, 0) is 4.79 Å². The lowest BCUT2D eigenvalue weighted by molar-refractivity contribution is -0.118. The summed E-state index contributed by atoms with van der Waals surface area (Å²) in [6.45, 7) is 5.93. The van der Waals surface area contributed by atoms with Gasteiger partial charge in [-0.05, 0) is 43.7 Å². The zero-order chi connectivity index (χ0) is 18.7. The van der Waals surface area contributed by atoms with E-state index in [0.717, 1.165) is 23.4 Å². The Labute approximate surface area is 157 Å². The van der Waals surface area contributed by atoms with Crippen molar-refractivity contribution in [2.75, 3.05) is 5.32 Å². The highest BCUT2D eigenvalue weighted by Crippen LogP contribution is 2.42. The Morgan fingerprint density at radius 1 is 1.23 bits per heavy atom. The van der Waals surface area contributed by atoms with Gasteiger partial charge in [-0.15, -0.1) is 10.2 Å². The number of benzene rings is 1. The van der Waals surface area contributed by atoms with Gasteiger partial charge in [-0.1, -0.05) is 43.4 Å². The molecule has 1 aliphatic carbocycles. The molecule has 1 saturated carbocycles. The molecular formula is C19H24N4O2S. The Morgan fingerprint density at radius 3 is 2.62 bits per heavy atom. The second-order valence-electron chi connectivity index (χ2n) is 7.18. The van der Waals surface area contributed by atoms with Gasteiger partial charge in [0, 0.05) is 11.5 Å². The maximum atomic E-state index is 12.7. The number of carbonyl (C=O) groups excluding carboxylic acids is 2. The van der Waals surface area contributed by atoms with Crippen molar-refractivity contribution in [3.8, 4) is 0 Å². The molecule has 0 aliphatic heterocycles. The van der Waals surface area contributed by atoms with Crippen LogP contribution >= 0.6 is 11.3 Å². The van der Waals surface area contributed by atoms with E-state index in [0.29, 0.717) is 23.0 Å². The molecule has 0 radical (unpaired) electrons. The molecule has 2 N–H and O–H groups in total. The summed E-state index contributed by atoms with van der Waals surface area (Å²) >= 11 is 1.42. The van der Waals surface area contributed by atoms with Crippen molar-refractivity contribution >= 4 is 28.3 Å².